The molecule has 0 aliphatic carbocycles. The normalized spacial score (nSPS) is 14.7. The topological polar surface area (TPSA) is 90.5 Å². The van der Waals surface area contributed by atoms with Crippen molar-refractivity contribution in [1.82, 2.24) is 10.6 Å². The molecule has 7 nitrogen and oxygen atoms in total. The second-order valence-electron chi connectivity index (χ2n) is 7.94. The molecular formula is C23H27ClN4O3. The summed E-state index contributed by atoms with van der Waals surface area (Å²) < 4.78 is 0. The number of nitrogens with one attached hydrogen (secondary N) is 3. The summed E-state index contributed by atoms with van der Waals surface area (Å²) in [5, 5.41) is 8.89. The zero-order chi connectivity index (χ0) is 22.4. The Morgan fingerprint density at radius 1 is 1.16 bits per heavy atom. The van der Waals surface area contributed by atoms with Crippen molar-refractivity contribution < 1.29 is 14.4 Å². The zero-order valence-corrected chi connectivity index (χ0v) is 18.4. The maximum atomic E-state index is 13.0. The molecule has 2 aromatic carbocycles. The van der Waals surface area contributed by atoms with Gasteiger partial charge in [0.15, 0.2) is 0 Å². The van der Waals surface area contributed by atoms with Crippen LogP contribution >= 0.6 is 11.6 Å². The van der Waals surface area contributed by atoms with Crippen LogP contribution in [-0.2, 0) is 14.4 Å². The average Bonchev–Trinajstić information content (AvgIpc) is 2.72. The predicted molar refractivity (Wildman–Crippen MR) is 122 cm³/mol. The number of amides is 3. The van der Waals surface area contributed by atoms with Gasteiger partial charge < -0.3 is 20.9 Å². The quantitative estimate of drug-likeness (QED) is 0.614. The molecule has 3 rings (SSSR count). The molecule has 3 N–H and O–H groups in total. The fourth-order valence-corrected chi connectivity index (χ4v) is 3.74. The fraction of sp³-hybridized carbons (Fsp3) is 0.348. The Morgan fingerprint density at radius 3 is 2.55 bits per heavy atom. The minimum atomic E-state index is -0.823. The maximum absolute atomic E-state index is 13.0. The molecule has 1 atom stereocenters. The van der Waals surface area contributed by atoms with Gasteiger partial charge in [-0.05, 0) is 29.7 Å². The van der Waals surface area contributed by atoms with Crippen LogP contribution < -0.4 is 20.9 Å². The standard InChI is InChI=1S/C23H27ClN4O3/c1-15(2)12-20(29)27-22(16-6-4-3-5-7-16)23(31)26-17-8-9-19(18(24)13-17)28-11-10-25-21(30)14-28/h3-9,13,15,22H,10-12,14H2,1-2H3,(H,25,30)(H,26,31)(H,27,29). The molecule has 1 saturated heterocycles. The zero-order valence-electron chi connectivity index (χ0n) is 17.7. The summed E-state index contributed by atoms with van der Waals surface area (Å²) in [6.07, 6.45) is 0.334. The van der Waals surface area contributed by atoms with E-state index in [1.807, 2.05) is 36.9 Å². The molecular weight excluding hydrogens is 416 g/mol. The molecule has 164 valence electrons. The first-order valence-electron chi connectivity index (χ1n) is 10.3. The van der Waals surface area contributed by atoms with Crippen LogP contribution in [0, 0.1) is 5.92 Å². The van der Waals surface area contributed by atoms with Crippen LogP contribution in [0.25, 0.3) is 0 Å². The summed E-state index contributed by atoms with van der Waals surface area (Å²) >= 11 is 6.44. The molecule has 1 aliphatic heterocycles. The Labute approximate surface area is 187 Å². The van der Waals surface area contributed by atoms with Crippen molar-refractivity contribution in [1.29, 1.82) is 0 Å². The number of piperazine rings is 1. The highest BCUT2D eigenvalue weighted by molar-refractivity contribution is 6.33. The van der Waals surface area contributed by atoms with Gasteiger partial charge in [0.25, 0.3) is 5.91 Å². The monoisotopic (exact) mass is 442 g/mol. The van der Waals surface area contributed by atoms with Crippen LogP contribution in [0.5, 0.6) is 0 Å². The fourth-order valence-electron chi connectivity index (χ4n) is 3.44. The number of halogens is 1. The van der Waals surface area contributed by atoms with Crippen molar-refractivity contribution in [2.45, 2.75) is 26.3 Å². The minimum Gasteiger partial charge on any atom is -0.359 e. The number of nitrogens with zero attached hydrogens (tertiary/aromatic N) is 1. The lowest BCUT2D eigenvalue weighted by Crippen LogP contribution is -2.47. The van der Waals surface area contributed by atoms with Gasteiger partial charge in [-0.1, -0.05) is 55.8 Å². The average molecular weight is 443 g/mol. The highest BCUT2D eigenvalue weighted by atomic mass is 35.5. The van der Waals surface area contributed by atoms with E-state index in [2.05, 4.69) is 16.0 Å². The number of benzene rings is 2. The van der Waals surface area contributed by atoms with Gasteiger partial charge in [-0.25, -0.2) is 0 Å². The van der Waals surface area contributed by atoms with E-state index in [1.165, 1.54) is 0 Å². The number of anilines is 2. The minimum absolute atomic E-state index is 0.0532. The van der Waals surface area contributed by atoms with Crippen LogP contribution in [0.2, 0.25) is 5.02 Å². The molecule has 8 heteroatoms. The van der Waals surface area contributed by atoms with Gasteiger partial charge in [0.1, 0.15) is 6.04 Å². The molecule has 1 unspecified atom stereocenters. The van der Waals surface area contributed by atoms with Crippen molar-refractivity contribution in [3.05, 3.63) is 59.1 Å². The number of carbonyl (C=O) groups is 3. The van der Waals surface area contributed by atoms with E-state index < -0.39 is 6.04 Å². The van der Waals surface area contributed by atoms with E-state index in [9.17, 15) is 14.4 Å². The molecule has 0 radical (unpaired) electrons. The van der Waals surface area contributed by atoms with Gasteiger partial charge in [-0.3, -0.25) is 14.4 Å². The molecule has 0 spiro atoms. The number of hydrogen-bond donors (Lipinski definition) is 3. The molecule has 31 heavy (non-hydrogen) atoms. The second-order valence-corrected chi connectivity index (χ2v) is 8.34. The number of rotatable bonds is 7. The summed E-state index contributed by atoms with van der Waals surface area (Å²) in [7, 11) is 0. The molecule has 0 saturated carbocycles. The van der Waals surface area contributed by atoms with E-state index in [-0.39, 0.29) is 30.2 Å². The van der Waals surface area contributed by atoms with Gasteiger partial charge in [0.2, 0.25) is 11.8 Å². The Morgan fingerprint density at radius 2 is 1.90 bits per heavy atom. The van der Waals surface area contributed by atoms with Crippen LogP contribution in [0.4, 0.5) is 11.4 Å². The van der Waals surface area contributed by atoms with Gasteiger partial charge in [-0.15, -0.1) is 0 Å². The molecule has 1 aliphatic rings. The Bertz CT molecular complexity index is 949. The summed E-state index contributed by atoms with van der Waals surface area (Å²) in [4.78, 5) is 38.9. The third-order valence-electron chi connectivity index (χ3n) is 4.89. The second kappa shape index (κ2) is 10.3. The first-order valence-corrected chi connectivity index (χ1v) is 10.7. The molecule has 1 fully saturated rings. The smallest absolute Gasteiger partial charge is 0.251 e. The van der Waals surface area contributed by atoms with Crippen LogP contribution in [0.3, 0.4) is 0 Å². The van der Waals surface area contributed by atoms with E-state index in [0.29, 0.717) is 35.8 Å². The lowest BCUT2D eigenvalue weighted by Gasteiger charge is -2.29. The van der Waals surface area contributed by atoms with Crippen molar-refractivity contribution in [3.63, 3.8) is 0 Å². The van der Waals surface area contributed by atoms with Gasteiger partial charge in [0.05, 0.1) is 17.3 Å². The summed E-state index contributed by atoms with van der Waals surface area (Å²) in [5.41, 5.74) is 1.94. The maximum Gasteiger partial charge on any atom is 0.251 e. The largest absolute Gasteiger partial charge is 0.359 e. The van der Waals surface area contributed by atoms with Gasteiger partial charge in [0, 0.05) is 25.2 Å². The van der Waals surface area contributed by atoms with Crippen molar-refractivity contribution >= 4 is 40.7 Å². The number of carbonyl (C=O) groups excluding carboxylic acids is 3. The Hall–Kier alpha value is -3.06. The van der Waals surface area contributed by atoms with Crippen LogP contribution in [-0.4, -0.2) is 37.4 Å². The summed E-state index contributed by atoms with van der Waals surface area (Å²) in [6, 6.07) is 13.5. The van der Waals surface area contributed by atoms with Crippen LogP contribution in [0.15, 0.2) is 48.5 Å². The first kappa shape index (κ1) is 22.6. The van der Waals surface area contributed by atoms with E-state index in [1.54, 1.807) is 30.3 Å². The van der Waals surface area contributed by atoms with Crippen molar-refractivity contribution in [2.75, 3.05) is 29.9 Å². The van der Waals surface area contributed by atoms with E-state index in [4.69, 9.17) is 11.6 Å². The molecule has 2 aromatic rings. The molecule has 3 amide bonds. The van der Waals surface area contributed by atoms with Crippen molar-refractivity contribution in [2.24, 2.45) is 5.92 Å². The summed E-state index contributed by atoms with van der Waals surface area (Å²) in [6.45, 7) is 5.36. The van der Waals surface area contributed by atoms with Gasteiger partial charge >= 0.3 is 0 Å². The van der Waals surface area contributed by atoms with E-state index in [0.717, 1.165) is 5.69 Å². The third kappa shape index (κ3) is 6.21. The van der Waals surface area contributed by atoms with Gasteiger partial charge in [-0.2, -0.15) is 0 Å². The van der Waals surface area contributed by atoms with Crippen molar-refractivity contribution in [3.8, 4) is 0 Å². The predicted octanol–water partition coefficient (Wildman–Crippen LogP) is 3.12. The molecule has 0 bridgehead atoms. The lowest BCUT2D eigenvalue weighted by molar-refractivity contribution is -0.127. The Balaban J connectivity index is 1.75. The van der Waals surface area contributed by atoms with Crippen LogP contribution in [0.1, 0.15) is 31.9 Å². The lowest BCUT2D eigenvalue weighted by atomic mass is 10.0. The third-order valence-corrected chi connectivity index (χ3v) is 5.19. The van der Waals surface area contributed by atoms with E-state index >= 15 is 0 Å². The molecule has 0 aromatic heterocycles. The first-order chi connectivity index (χ1) is 14.8. The summed E-state index contributed by atoms with van der Waals surface area (Å²) in [5.74, 6) is -0.412. The molecule has 1 heterocycles. The Kier molecular flexibility index (Phi) is 7.52. The highest BCUT2D eigenvalue weighted by Gasteiger charge is 2.24. The number of hydrogen-bond acceptors (Lipinski definition) is 4. The SMILES string of the molecule is CC(C)CC(=O)NC(C(=O)Nc1ccc(N2CCNC(=O)C2)c(Cl)c1)c1ccccc1. The highest BCUT2D eigenvalue weighted by Crippen LogP contribution is 2.29.